The fourth-order valence-corrected chi connectivity index (χ4v) is 3.51. The number of hydrogen-bond donors (Lipinski definition) is 1. The molecule has 1 N–H and O–H groups in total. The molecule has 2 aromatic carbocycles. The molecular formula is C19H24N2O5S. The zero-order valence-corrected chi connectivity index (χ0v) is 16.5. The van der Waals surface area contributed by atoms with Crippen molar-refractivity contribution >= 4 is 21.6 Å². The normalized spacial score (nSPS) is 10.9. The van der Waals surface area contributed by atoms with Gasteiger partial charge in [-0.2, -0.15) is 0 Å². The molecule has 7 nitrogen and oxygen atoms in total. The topological polar surface area (TPSA) is 84.9 Å². The van der Waals surface area contributed by atoms with Crippen LogP contribution in [0.1, 0.15) is 12.0 Å². The minimum atomic E-state index is -3.54. The summed E-state index contributed by atoms with van der Waals surface area (Å²) >= 11 is 0. The van der Waals surface area contributed by atoms with Gasteiger partial charge in [0, 0.05) is 31.1 Å². The van der Waals surface area contributed by atoms with E-state index in [1.165, 1.54) is 11.4 Å². The third-order valence-electron chi connectivity index (χ3n) is 3.95. The maximum Gasteiger partial charge on any atom is 0.232 e. The van der Waals surface area contributed by atoms with Gasteiger partial charge >= 0.3 is 0 Å². The number of carbonyl (C=O) groups excluding carboxylic acids is 1. The lowest BCUT2D eigenvalue weighted by Crippen LogP contribution is -2.34. The van der Waals surface area contributed by atoms with Crippen molar-refractivity contribution in [3.05, 3.63) is 54.1 Å². The summed E-state index contributed by atoms with van der Waals surface area (Å²) in [6.07, 6.45) is 1.14. The van der Waals surface area contributed by atoms with E-state index in [0.29, 0.717) is 23.7 Å². The van der Waals surface area contributed by atoms with E-state index in [1.807, 2.05) is 24.3 Å². The number of nitrogens with zero attached hydrogens (tertiary/aromatic N) is 1. The van der Waals surface area contributed by atoms with Crippen molar-refractivity contribution in [3.8, 4) is 11.5 Å². The molecule has 0 heterocycles. The lowest BCUT2D eigenvalue weighted by atomic mass is 10.2. The molecule has 0 bridgehead atoms. The SMILES string of the molecule is COc1cccc(N(CCC(=O)NCc2ccccc2OC)S(C)(=O)=O)c1. The summed E-state index contributed by atoms with van der Waals surface area (Å²) in [5.41, 5.74) is 1.30. The van der Waals surface area contributed by atoms with Gasteiger partial charge in [-0.05, 0) is 18.2 Å². The first-order chi connectivity index (χ1) is 12.8. The van der Waals surface area contributed by atoms with Gasteiger partial charge in [0.1, 0.15) is 11.5 Å². The average Bonchev–Trinajstić information content (AvgIpc) is 2.65. The average molecular weight is 392 g/mol. The van der Waals surface area contributed by atoms with E-state index in [2.05, 4.69) is 5.32 Å². The molecule has 27 heavy (non-hydrogen) atoms. The number of nitrogens with one attached hydrogen (secondary N) is 1. The lowest BCUT2D eigenvalue weighted by Gasteiger charge is -2.22. The first-order valence-electron chi connectivity index (χ1n) is 8.35. The number of amides is 1. The van der Waals surface area contributed by atoms with Gasteiger partial charge in [0.2, 0.25) is 15.9 Å². The van der Waals surface area contributed by atoms with E-state index >= 15 is 0 Å². The Balaban J connectivity index is 2.01. The van der Waals surface area contributed by atoms with E-state index in [-0.39, 0.29) is 18.9 Å². The lowest BCUT2D eigenvalue weighted by molar-refractivity contribution is -0.121. The third kappa shape index (κ3) is 5.89. The molecule has 0 spiro atoms. The van der Waals surface area contributed by atoms with Crippen LogP contribution in [0, 0.1) is 0 Å². The number of sulfonamides is 1. The van der Waals surface area contributed by atoms with Gasteiger partial charge in [0.25, 0.3) is 0 Å². The quantitative estimate of drug-likeness (QED) is 0.707. The van der Waals surface area contributed by atoms with Crippen molar-refractivity contribution in [1.29, 1.82) is 0 Å². The van der Waals surface area contributed by atoms with Crippen molar-refractivity contribution in [2.75, 3.05) is 31.3 Å². The Hall–Kier alpha value is -2.74. The van der Waals surface area contributed by atoms with Gasteiger partial charge in [0.05, 0.1) is 26.2 Å². The van der Waals surface area contributed by atoms with E-state index < -0.39 is 10.0 Å². The molecule has 1 amide bonds. The monoisotopic (exact) mass is 392 g/mol. The maximum absolute atomic E-state index is 12.2. The predicted molar refractivity (Wildman–Crippen MR) is 105 cm³/mol. The first-order valence-corrected chi connectivity index (χ1v) is 10.2. The zero-order valence-electron chi connectivity index (χ0n) is 15.6. The van der Waals surface area contributed by atoms with Gasteiger partial charge in [-0.3, -0.25) is 9.10 Å². The summed E-state index contributed by atoms with van der Waals surface area (Å²) in [7, 11) is -0.461. The van der Waals surface area contributed by atoms with Gasteiger partial charge in [-0.1, -0.05) is 24.3 Å². The largest absolute Gasteiger partial charge is 0.497 e. The molecule has 0 atom stereocenters. The fourth-order valence-electron chi connectivity index (χ4n) is 2.59. The van der Waals surface area contributed by atoms with Crippen LogP contribution in [-0.2, 0) is 21.4 Å². The number of benzene rings is 2. The Labute approximate surface area is 160 Å². The molecule has 8 heteroatoms. The highest BCUT2D eigenvalue weighted by Gasteiger charge is 2.19. The molecule has 0 fully saturated rings. The zero-order chi connectivity index (χ0) is 19.9. The summed E-state index contributed by atoms with van der Waals surface area (Å²) in [4.78, 5) is 12.2. The molecule has 0 aliphatic rings. The van der Waals surface area contributed by atoms with Crippen LogP contribution >= 0.6 is 0 Å². The van der Waals surface area contributed by atoms with Crippen LogP contribution in [0.2, 0.25) is 0 Å². The van der Waals surface area contributed by atoms with Crippen LogP contribution < -0.4 is 19.1 Å². The Bertz CT molecular complexity index is 883. The standard InChI is InChI=1S/C19H24N2O5S/c1-25-17-9-6-8-16(13-17)21(27(3,23)24)12-11-19(22)20-14-15-7-4-5-10-18(15)26-2/h4-10,13H,11-12,14H2,1-3H3,(H,20,22). The van der Waals surface area contributed by atoms with Crippen LogP contribution in [0.15, 0.2) is 48.5 Å². The molecule has 0 aliphatic heterocycles. The van der Waals surface area contributed by atoms with Crippen LogP contribution in [-0.4, -0.2) is 41.3 Å². The smallest absolute Gasteiger partial charge is 0.232 e. The Kier molecular flexibility index (Phi) is 7.06. The van der Waals surface area contributed by atoms with Crippen molar-refractivity contribution < 1.29 is 22.7 Å². The van der Waals surface area contributed by atoms with Crippen molar-refractivity contribution in [1.82, 2.24) is 5.32 Å². The summed E-state index contributed by atoms with van der Waals surface area (Å²) in [6.45, 7) is 0.338. The number of ether oxygens (including phenoxy) is 2. The molecule has 0 radical (unpaired) electrons. The number of anilines is 1. The molecule has 0 aliphatic carbocycles. The molecule has 0 saturated carbocycles. The highest BCUT2D eigenvalue weighted by Crippen LogP contribution is 2.23. The maximum atomic E-state index is 12.2. The van der Waals surface area contributed by atoms with Gasteiger partial charge in [-0.15, -0.1) is 0 Å². The fraction of sp³-hybridized carbons (Fsp3) is 0.316. The van der Waals surface area contributed by atoms with Gasteiger partial charge in [0.15, 0.2) is 0 Å². The molecule has 2 rings (SSSR count). The summed E-state index contributed by atoms with van der Waals surface area (Å²) in [5.74, 6) is 0.978. The Morgan fingerprint density at radius 1 is 1.07 bits per heavy atom. The summed E-state index contributed by atoms with van der Waals surface area (Å²) in [5, 5.41) is 2.79. The second-order valence-corrected chi connectivity index (χ2v) is 7.78. The van der Waals surface area contributed by atoms with Crippen molar-refractivity contribution in [2.45, 2.75) is 13.0 Å². The third-order valence-corrected chi connectivity index (χ3v) is 5.15. The minimum Gasteiger partial charge on any atom is -0.497 e. The number of para-hydroxylation sites is 1. The second kappa shape index (κ2) is 9.27. The highest BCUT2D eigenvalue weighted by atomic mass is 32.2. The van der Waals surface area contributed by atoms with Gasteiger partial charge < -0.3 is 14.8 Å². The molecular weight excluding hydrogens is 368 g/mol. The van der Waals surface area contributed by atoms with Crippen LogP contribution in [0.4, 0.5) is 5.69 Å². The number of hydrogen-bond acceptors (Lipinski definition) is 5. The summed E-state index contributed by atoms with van der Waals surface area (Å²) < 4.78 is 35.9. The van der Waals surface area contributed by atoms with Crippen molar-refractivity contribution in [3.63, 3.8) is 0 Å². The van der Waals surface area contributed by atoms with Crippen molar-refractivity contribution in [2.24, 2.45) is 0 Å². The van der Waals surface area contributed by atoms with E-state index in [0.717, 1.165) is 11.8 Å². The second-order valence-electron chi connectivity index (χ2n) is 5.88. The molecule has 0 aromatic heterocycles. The van der Waals surface area contributed by atoms with Gasteiger partial charge in [-0.25, -0.2) is 8.42 Å². The Morgan fingerprint density at radius 2 is 1.81 bits per heavy atom. The van der Waals surface area contributed by atoms with Crippen LogP contribution in [0.3, 0.4) is 0 Å². The van der Waals surface area contributed by atoms with Crippen LogP contribution in [0.25, 0.3) is 0 Å². The first kappa shape index (κ1) is 20.6. The number of carbonyl (C=O) groups is 1. The molecule has 2 aromatic rings. The Morgan fingerprint density at radius 3 is 2.48 bits per heavy atom. The van der Waals surface area contributed by atoms with Crippen LogP contribution in [0.5, 0.6) is 11.5 Å². The number of methoxy groups -OCH3 is 2. The summed E-state index contributed by atoms with van der Waals surface area (Å²) in [6, 6.07) is 14.1. The van der Waals surface area contributed by atoms with E-state index in [4.69, 9.17) is 9.47 Å². The highest BCUT2D eigenvalue weighted by molar-refractivity contribution is 7.92. The molecule has 0 unspecified atom stereocenters. The predicted octanol–water partition coefficient (Wildman–Crippen LogP) is 2.18. The van der Waals surface area contributed by atoms with E-state index in [9.17, 15) is 13.2 Å². The molecule has 0 saturated heterocycles. The molecule has 146 valence electrons. The van der Waals surface area contributed by atoms with E-state index in [1.54, 1.807) is 31.4 Å². The number of rotatable bonds is 9. The minimum absolute atomic E-state index is 0.0272.